The van der Waals surface area contributed by atoms with E-state index in [1.807, 2.05) is 69.4 Å². The van der Waals surface area contributed by atoms with Crippen LogP contribution in [0.15, 0.2) is 85.2 Å². The van der Waals surface area contributed by atoms with Crippen LogP contribution in [0.1, 0.15) is 42.9 Å². The number of thiocarbonyl (C=S) groups is 1. The molecule has 0 bridgehead atoms. The second-order valence-corrected chi connectivity index (χ2v) is 9.69. The van der Waals surface area contributed by atoms with Crippen molar-refractivity contribution in [3.05, 3.63) is 107 Å². The largest absolute Gasteiger partial charge is 0.491 e. The number of pyridine rings is 1. The molecule has 0 spiro atoms. The first-order chi connectivity index (χ1) is 16.9. The lowest BCUT2D eigenvalue weighted by atomic mass is 10.0. The van der Waals surface area contributed by atoms with Gasteiger partial charge in [-0.3, -0.25) is 4.98 Å². The number of halogens is 1. The molecule has 0 radical (unpaired) electrons. The van der Waals surface area contributed by atoms with Crippen LogP contribution in [0.25, 0.3) is 5.69 Å². The van der Waals surface area contributed by atoms with Gasteiger partial charge in [-0.15, -0.1) is 0 Å². The van der Waals surface area contributed by atoms with E-state index in [0.29, 0.717) is 5.11 Å². The third-order valence-electron chi connectivity index (χ3n) is 6.09. The zero-order valence-corrected chi connectivity index (χ0v) is 21.4. The van der Waals surface area contributed by atoms with Crippen molar-refractivity contribution in [2.75, 3.05) is 4.90 Å². The third-order valence-corrected chi connectivity index (χ3v) is 6.83. The summed E-state index contributed by atoms with van der Waals surface area (Å²) in [6, 6.07) is 24.1. The molecule has 2 aromatic heterocycles. The molecule has 4 aromatic rings. The molecule has 2 atom stereocenters. The normalized spacial score (nSPS) is 17.6. The molecule has 2 aromatic carbocycles. The minimum atomic E-state index is -0.127. The Labute approximate surface area is 216 Å². The summed E-state index contributed by atoms with van der Waals surface area (Å²) in [7, 11) is 0. The smallest absolute Gasteiger partial charge is 0.174 e. The molecule has 1 N–H and O–H groups in total. The fraction of sp³-hybridized carbons (Fsp3) is 0.214. The van der Waals surface area contributed by atoms with Crippen molar-refractivity contribution in [2.24, 2.45) is 0 Å². The minimum absolute atomic E-state index is 0.114. The first-order valence-electron chi connectivity index (χ1n) is 11.6. The van der Waals surface area contributed by atoms with E-state index < -0.39 is 0 Å². The van der Waals surface area contributed by atoms with Gasteiger partial charge in [-0.05, 0) is 105 Å². The van der Waals surface area contributed by atoms with E-state index in [9.17, 15) is 0 Å². The Bertz CT molecular complexity index is 1340. The summed E-state index contributed by atoms with van der Waals surface area (Å²) in [5.41, 5.74) is 5.09. The van der Waals surface area contributed by atoms with Crippen LogP contribution in [0, 0.1) is 6.92 Å². The zero-order valence-electron chi connectivity index (χ0n) is 19.9. The van der Waals surface area contributed by atoms with E-state index in [0.717, 1.165) is 39.1 Å². The van der Waals surface area contributed by atoms with Crippen LogP contribution < -0.4 is 15.0 Å². The third kappa shape index (κ3) is 4.64. The molecule has 0 amide bonds. The lowest BCUT2D eigenvalue weighted by Gasteiger charge is -2.29. The van der Waals surface area contributed by atoms with Crippen LogP contribution >= 0.6 is 23.8 Å². The number of hydrogen-bond acceptors (Lipinski definition) is 3. The average Bonchev–Trinajstić information content (AvgIpc) is 3.46. The van der Waals surface area contributed by atoms with Gasteiger partial charge < -0.3 is 19.5 Å². The van der Waals surface area contributed by atoms with E-state index in [1.54, 1.807) is 0 Å². The Kier molecular flexibility index (Phi) is 6.50. The van der Waals surface area contributed by atoms with Crippen LogP contribution in [0.4, 0.5) is 5.69 Å². The van der Waals surface area contributed by atoms with Crippen molar-refractivity contribution < 1.29 is 4.74 Å². The Morgan fingerprint density at radius 1 is 1.00 bits per heavy atom. The SMILES string of the molecule is Cc1cc(-n2cccc2[C@@H]2[C@@H](c3ccccn3)NC(=S)N2c2ccc(OC(C)C)cc2)ccc1Cl. The highest BCUT2D eigenvalue weighted by Crippen LogP contribution is 2.42. The van der Waals surface area contributed by atoms with Gasteiger partial charge in [0.2, 0.25) is 0 Å². The van der Waals surface area contributed by atoms with Gasteiger partial charge in [-0.25, -0.2) is 0 Å². The number of aromatic nitrogens is 2. The van der Waals surface area contributed by atoms with Crippen LogP contribution in [0.5, 0.6) is 5.75 Å². The molecule has 7 heteroatoms. The quantitative estimate of drug-likeness (QED) is 0.294. The van der Waals surface area contributed by atoms with Gasteiger partial charge in [0.15, 0.2) is 5.11 Å². The van der Waals surface area contributed by atoms with Gasteiger partial charge in [-0.2, -0.15) is 0 Å². The molecular formula is C28H27ClN4OS. The van der Waals surface area contributed by atoms with Gasteiger partial charge in [-0.1, -0.05) is 17.7 Å². The fourth-order valence-electron chi connectivity index (χ4n) is 4.54. The Morgan fingerprint density at radius 3 is 2.46 bits per heavy atom. The van der Waals surface area contributed by atoms with Crippen LogP contribution in [0.2, 0.25) is 5.02 Å². The van der Waals surface area contributed by atoms with Gasteiger partial charge in [0.05, 0.1) is 17.8 Å². The van der Waals surface area contributed by atoms with E-state index in [4.69, 9.17) is 28.6 Å². The molecule has 1 aliphatic rings. The highest BCUT2D eigenvalue weighted by molar-refractivity contribution is 7.80. The Morgan fingerprint density at radius 2 is 1.77 bits per heavy atom. The van der Waals surface area contributed by atoms with Crippen LogP contribution in [0.3, 0.4) is 0 Å². The van der Waals surface area contributed by atoms with E-state index >= 15 is 0 Å². The van der Waals surface area contributed by atoms with Crippen molar-refractivity contribution in [1.29, 1.82) is 0 Å². The summed E-state index contributed by atoms with van der Waals surface area (Å²) in [6.45, 7) is 6.06. The number of nitrogens with one attached hydrogen (secondary N) is 1. The number of nitrogens with zero attached hydrogens (tertiary/aromatic N) is 3. The van der Waals surface area contributed by atoms with Gasteiger partial charge in [0.1, 0.15) is 11.8 Å². The predicted molar refractivity (Wildman–Crippen MR) is 146 cm³/mol. The predicted octanol–water partition coefficient (Wildman–Crippen LogP) is 6.80. The molecule has 3 heterocycles. The average molecular weight is 503 g/mol. The maximum absolute atomic E-state index is 6.32. The fourth-order valence-corrected chi connectivity index (χ4v) is 5.00. The first-order valence-corrected chi connectivity index (χ1v) is 12.4. The standard InChI is InChI=1S/C28H27ClN4OS/c1-18(2)34-22-12-9-20(10-13-22)33-27(26(31-28(33)35)24-7-4-5-15-30-24)25-8-6-16-32(25)21-11-14-23(29)19(3)17-21/h4-18,26-27H,1-3H3,(H,31,35)/t26-,27-/m1/s1. The van der Waals surface area contributed by atoms with Crippen molar-refractivity contribution in [2.45, 2.75) is 39.0 Å². The molecule has 0 aliphatic carbocycles. The molecule has 1 fully saturated rings. The molecule has 1 aliphatic heterocycles. The molecule has 0 unspecified atom stereocenters. The lowest BCUT2D eigenvalue weighted by molar-refractivity contribution is 0.242. The molecule has 5 rings (SSSR count). The topological polar surface area (TPSA) is 42.3 Å². The van der Waals surface area contributed by atoms with Crippen molar-refractivity contribution in [3.63, 3.8) is 0 Å². The second-order valence-electron chi connectivity index (χ2n) is 8.89. The molecule has 1 saturated heterocycles. The van der Waals surface area contributed by atoms with E-state index in [2.05, 4.69) is 56.3 Å². The number of hydrogen-bond donors (Lipinski definition) is 1. The number of rotatable bonds is 6. The Hall–Kier alpha value is -3.35. The summed E-state index contributed by atoms with van der Waals surface area (Å²) >= 11 is 12.2. The first kappa shape index (κ1) is 23.4. The molecule has 5 nitrogen and oxygen atoms in total. The highest BCUT2D eigenvalue weighted by Gasteiger charge is 2.42. The summed E-state index contributed by atoms with van der Waals surface area (Å²) in [5.74, 6) is 0.833. The number of anilines is 1. The number of ether oxygens (including phenoxy) is 1. The molecular weight excluding hydrogens is 476 g/mol. The summed E-state index contributed by atoms with van der Waals surface area (Å²) in [5, 5.41) is 4.94. The van der Waals surface area contributed by atoms with Crippen LogP contribution in [-0.4, -0.2) is 20.8 Å². The summed E-state index contributed by atoms with van der Waals surface area (Å²) in [6.07, 6.45) is 4.01. The van der Waals surface area contributed by atoms with Gasteiger partial charge in [0.25, 0.3) is 0 Å². The number of benzene rings is 2. The van der Waals surface area contributed by atoms with Crippen molar-refractivity contribution in [3.8, 4) is 11.4 Å². The monoisotopic (exact) mass is 502 g/mol. The van der Waals surface area contributed by atoms with Crippen molar-refractivity contribution >= 4 is 34.6 Å². The lowest BCUT2D eigenvalue weighted by Crippen LogP contribution is -2.30. The molecule has 35 heavy (non-hydrogen) atoms. The van der Waals surface area contributed by atoms with Gasteiger partial charge >= 0.3 is 0 Å². The van der Waals surface area contributed by atoms with Crippen molar-refractivity contribution in [1.82, 2.24) is 14.9 Å². The maximum Gasteiger partial charge on any atom is 0.174 e. The van der Waals surface area contributed by atoms with Crippen LogP contribution in [-0.2, 0) is 0 Å². The maximum atomic E-state index is 6.32. The van der Waals surface area contributed by atoms with E-state index in [-0.39, 0.29) is 18.2 Å². The zero-order chi connectivity index (χ0) is 24.5. The highest BCUT2D eigenvalue weighted by atomic mass is 35.5. The molecule has 0 saturated carbocycles. The summed E-state index contributed by atoms with van der Waals surface area (Å²) < 4.78 is 8.05. The van der Waals surface area contributed by atoms with E-state index in [1.165, 1.54) is 0 Å². The molecule has 178 valence electrons. The minimum Gasteiger partial charge on any atom is -0.491 e. The Balaban J connectivity index is 1.61. The van der Waals surface area contributed by atoms with Gasteiger partial charge in [0, 0.05) is 34.5 Å². The second kappa shape index (κ2) is 9.72. The summed E-state index contributed by atoms with van der Waals surface area (Å²) in [4.78, 5) is 6.83. The number of aryl methyl sites for hydroxylation is 1.